The molecule has 0 saturated carbocycles. The molecule has 102 valence electrons. The molecule has 1 aliphatic carbocycles. The number of ketones is 2. The second kappa shape index (κ2) is 4.06. The molecule has 1 aliphatic rings. The Morgan fingerprint density at radius 3 is 2.52 bits per heavy atom. The highest BCUT2D eigenvalue weighted by molar-refractivity contribution is 6.32. The third-order valence-electron chi connectivity index (χ3n) is 3.88. The molecule has 0 aliphatic heterocycles. The van der Waals surface area contributed by atoms with Crippen LogP contribution in [0.3, 0.4) is 0 Å². The van der Waals surface area contributed by atoms with Crippen LogP contribution >= 0.6 is 0 Å². The molecule has 0 atom stereocenters. The molecule has 0 spiro atoms. The van der Waals surface area contributed by atoms with E-state index in [1.165, 1.54) is 7.11 Å². The fourth-order valence-electron chi connectivity index (χ4n) is 2.93. The lowest BCUT2D eigenvalue weighted by atomic mass is 9.86. The van der Waals surface area contributed by atoms with Crippen molar-refractivity contribution in [3.05, 3.63) is 64.8 Å². The average Bonchev–Trinajstić information content (AvgIpc) is 2.91. The Hall–Kier alpha value is -2.88. The highest BCUT2D eigenvalue weighted by Gasteiger charge is 2.35. The summed E-state index contributed by atoms with van der Waals surface area (Å²) in [5, 5.41) is 0.766. The van der Waals surface area contributed by atoms with Crippen molar-refractivity contribution >= 4 is 22.5 Å². The SMILES string of the molecule is COc1cccc2c1C(=O)c1c([nH]c3ccccc13)C2=O. The number of rotatable bonds is 1. The molecule has 1 aromatic heterocycles. The molecule has 1 heterocycles. The summed E-state index contributed by atoms with van der Waals surface area (Å²) in [6, 6.07) is 12.5. The molecular formula is C17H11NO3. The number of ether oxygens (including phenoxy) is 1. The first-order chi connectivity index (χ1) is 10.2. The van der Waals surface area contributed by atoms with Crippen LogP contribution in [0.25, 0.3) is 10.9 Å². The van der Waals surface area contributed by atoms with Crippen LogP contribution in [0.1, 0.15) is 32.0 Å². The van der Waals surface area contributed by atoms with E-state index in [2.05, 4.69) is 4.98 Å². The summed E-state index contributed by atoms with van der Waals surface area (Å²) < 4.78 is 5.25. The number of benzene rings is 2. The minimum atomic E-state index is -0.172. The summed E-state index contributed by atoms with van der Waals surface area (Å²) in [5.74, 6) is 0.0889. The van der Waals surface area contributed by atoms with Crippen molar-refractivity contribution in [2.24, 2.45) is 0 Å². The Labute approximate surface area is 120 Å². The van der Waals surface area contributed by atoms with Gasteiger partial charge in [0.05, 0.1) is 23.9 Å². The van der Waals surface area contributed by atoms with Gasteiger partial charge in [-0.05, 0) is 18.2 Å². The van der Waals surface area contributed by atoms with E-state index in [1.807, 2.05) is 24.3 Å². The number of methoxy groups -OCH3 is 1. The Balaban J connectivity index is 2.11. The summed E-state index contributed by atoms with van der Waals surface area (Å²) in [5.41, 5.74) is 2.33. The molecule has 0 bridgehead atoms. The second-order valence-electron chi connectivity index (χ2n) is 4.96. The number of carbonyl (C=O) groups excluding carboxylic acids is 2. The smallest absolute Gasteiger partial charge is 0.210 e. The van der Waals surface area contributed by atoms with Crippen LogP contribution in [0.5, 0.6) is 5.75 Å². The number of aromatic nitrogens is 1. The van der Waals surface area contributed by atoms with E-state index in [1.54, 1.807) is 18.2 Å². The lowest BCUT2D eigenvalue weighted by Crippen LogP contribution is -2.21. The maximum Gasteiger partial charge on any atom is 0.210 e. The number of nitrogens with one attached hydrogen (secondary N) is 1. The van der Waals surface area contributed by atoms with E-state index in [0.29, 0.717) is 28.1 Å². The second-order valence-corrected chi connectivity index (χ2v) is 4.96. The zero-order valence-corrected chi connectivity index (χ0v) is 11.3. The van der Waals surface area contributed by atoms with Crippen molar-refractivity contribution in [3.8, 4) is 5.75 Å². The molecule has 2 aromatic carbocycles. The van der Waals surface area contributed by atoms with Gasteiger partial charge in [0.25, 0.3) is 0 Å². The van der Waals surface area contributed by atoms with Crippen molar-refractivity contribution in [2.45, 2.75) is 0 Å². The number of H-pyrrole nitrogens is 1. The van der Waals surface area contributed by atoms with Crippen molar-refractivity contribution in [3.63, 3.8) is 0 Å². The molecule has 0 radical (unpaired) electrons. The van der Waals surface area contributed by atoms with Crippen LogP contribution in [0.4, 0.5) is 0 Å². The first-order valence-electron chi connectivity index (χ1n) is 6.59. The molecule has 0 fully saturated rings. The molecule has 0 amide bonds. The maximum absolute atomic E-state index is 12.9. The highest BCUT2D eigenvalue weighted by atomic mass is 16.5. The summed E-state index contributed by atoms with van der Waals surface area (Å²) >= 11 is 0. The van der Waals surface area contributed by atoms with Gasteiger partial charge in [-0.2, -0.15) is 0 Å². The van der Waals surface area contributed by atoms with Crippen molar-refractivity contribution in [2.75, 3.05) is 7.11 Å². The van der Waals surface area contributed by atoms with Gasteiger partial charge in [-0.3, -0.25) is 9.59 Å². The Kier molecular flexibility index (Phi) is 2.30. The maximum atomic E-state index is 12.9. The quantitative estimate of drug-likeness (QED) is 0.582. The molecule has 3 aromatic rings. The van der Waals surface area contributed by atoms with Crippen LogP contribution in [-0.2, 0) is 0 Å². The largest absolute Gasteiger partial charge is 0.496 e. The Bertz CT molecular complexity index is 921. The summed E-state index contributed by atoms with van der Waals surface area (Å²) in [6.07, 6.45) is 0. The van der Waals surface area contributed by atoms with E-state index < -0.39 is 0 Å². The third kappa shape index (κ3) is 1.44. The minimum absolute atomic E-state index is 0.172. The lowest BCUT2D eigenvalue weighted by molar-refractivity contribution is 0.0975. The van der Waals surface area contributed by atoms with Gasteiger partial charge in [0.15, 0.2) is 5.78 Å². The summed E-state index contributed by atoms with van der Waals surface area (Å²) in [4.78, 5) is 28.6. The van der Waals surface area contributed by atoms with Gasteiger partial charge in [0, 0.05) is 16.5 Å². The van der Waals surface area contributed by atoms with Crippen LogP contribution in [-0.4, -0.2) is 23.7 Å². The fourth-order valence-corrected chi connectivity index (χ4v) is 2.93. The minimum Gasteiger partial charge on any atom is -0.496 e. The molecule has 0 unspecified atom stereocenters. The fraction of sp³-hybridized carbons (Fsp3) is 0.0588. The van der Waals surface area contributed by atoms with Gasteiger partial charge in [-0.25, -0.2) is 0 Å². The van der Waals surface area contributed by atoms with Gasteiger partial charge in [0.1, 0.15) is 5.75 Å². The lowest BCUT2D eigenvalue weighted by Gasteiger charge is -2.17. The molecule has 4 rings (SSSR count). The van der Waals surface area contributed by atoms with Crippen LogP contribution in [0.2, 0.25) is 0 Å². The Morgan fingerprint density at radius 1 is 0.905 bits per heavy atom. The zero-order chi connectivity index (χ0) is 14.6. The Morgan fingerprint density at radius 2 is 1.71 bits per heavy atom. The standard InChI is InChI=1S/C17H11NO3/c1-21-12-8-4-6-10-13(12)17(20)14-9-5-2-3-7-11(9)18-15(14)16(10)19/h2-8,18H,1H3. The van der Waals surface area contributed by atoms with Crippen molar-refractivity contribution < 1.29 is 14.3 Å². The first-order valence-corrected chi connectivity index (χ1v) is 6.59. The summed E-state index contributed by atoms with van der Waals surface area (Å²) in [7, 11) is 1.50. The molecular weight excluding hydrogens is 266 g/mol. The van der Waals surface area contributed by atoms with E-state index in [-0.39, 0.29) is 11.6 Å². The number of hydrogen-bond donors (Lipinski definition) is 1. The van der Waals surface area contributed by atoms with Gasteiger partial charge in [-0.15, -0.1) is 0 Å². The van der Waals surface area contributed by atoms with Gasteiger partial charge < -0.3 is 9.72 Å². The normalized spacial score (nSPS) is 13.2. The average molecular weight is 277 g/mol. The third-order valence-corrected chi connectivity index (χ3v) is 3.88. The number of para-hydroxylation sites is 1. The van der Waals surface area contributed by atoms with Gasteiger partial charge in [0.2, 0.25) is 5.78 Å². The molecule has 1 N–H and O–H groups in total. The molecule has 21 heavy (non-hydrogen) atoms. The van der Waals surface area contributed by atoms with Crippen LogP contribution < -0.4 is 4.74 Å². The molecule has 4 nitrogen and oxygen atoms in total. The van der Waals surface area contributed by atoms with E-state index >= 15 is 0 Å². The van der Waals surface area contributed by atoms with Crippen LogP contribution in [0, 0.1) is 0 Å². The number of aromatic amines is 1. The highest BCUT2D eigenvalue weighted by Crippen LogP contribution is 2.36. The molecule has 4 heteroatoms. The van der Waals surface area contributed by atoms with Crippen molar-refractivity contribution in [1.29, 1.82) is 0 Å². The van der Waals surface area contributed by atoms with E-state index in [4.69, 9.17) is 4.74 Å². The topological polar surface area (TPSA) is 59.2 Å². The van der Waals surface area contributed by atoms with Crippen LogP contribution in [0.15, 0.2) is 42.5 Å². The number of carbonyl (C=O) groups is 2. The summed E-state index contributed by atoms with van der Waals surface area (Å²) in [6.45, 7) is 0. The van der Waals surface area contributed by atoms with E-state index in [9.17, 15) is 9.59 Å². The molecule has 0 saturated heterocycles. The first kappa shape index (κ1) is 11.9. The zero-order valence-electron chi connectivity index (χ0n) is 11.3. The number of hydrogen-bond acceptors (Lipinski definition) is 3. The predicted octanol–water partition coefficient (Wildman–Crippen LogP) is 2.95. The van der Waals surface area contributed by atoms with Gasteiger partial charge in [-0.1, -0.05) is 24.3 Å². The monoisotopic (exact) mass is 277 g/mol. The van der Waals surface area contributed by atoms with Gasteiger partial charge >= 0.3 is 0 Å². The number of fused-ring (bicyclic) bond motifs is 4. The van der Waals surface area contributed by atoms with E-state index in [0.717, 1.165) is 10.9 Å². The predicted molar refractivity (Wildman–Crippen MR) is 78.2 cm³/mol. The van der Waals surface area contributed by atoms with Crippen molar-refractivity contribution in [1.82, 2.24) is 4.98 Å².